The van der Waals surface area contributed by atoms with Crippen molar-refractivity contribution in [1.82, 2.24) is 4.90 Å². The van der Waals surface area contributed by atoms with Crippen LogP contribution in [0.5, 0.6) is 0 Å². The molecule has 2 heteroatoms. The van der Waals surface area contributed by atoms with Crippen molar-refractivity contribution in [2.75, 3.05) is 7.05 Å². The van der Waals surface area contributed by atoms with E-state index in [2.05, 4.69) is 6.92 Å². The van der Waals surface area contributed by atoms with E-state index in [0.29, 0.717) is 17.9 Å². The summed E-state index contributed by atoms with van der Waals surface area (Å²) in [5.41, 5.74) is 0. The smallest absolute Gasteiger partial charge is 0.225 e. The van der Waals surface area contributed by atoms with Crippen molar-refractivity contribution in [3.8, 4) is 0 Å². The van der Waals surface area contributed by atoms with Gasteiger partial charge in [0.05, 0.1) is 0 Å². The Hall–Kier alpha value is -0.530. The van der Waals surface area contributed by atoms with Gasteiger partial charge in [0.2, 0.25) is 5.91 Å². The minimum atomic E-state index is 0.133. The summed E-state index contributed by atoms with van der Waals surface area (Å²) >= 11 is 0. The molecule has 1 rings (SSSR count). The Morgan fingerprint density at radius 1 is 1.29 bits per heavy atom. The zero-order chi connectivity index (χ0) is 10.7. The highest BCUT2D eigenvalue weighted by atomic mass is 16.2. The summed E-state index contributed by atoms with van der Waals surface area (Å²) in [6.07, 6.45) is 5.09. The molecule has 1 amide bonds. The van der Waals surface area contributed by atoms with Crippen molar-refractivity contribution in [3.05, 3.63) is 0 Å². The molecule has 0 aromatic rings. The molecular formula is C12H23NO. The van der Waals surface area contributed by atoms with Crippen LogP contribution in [0.3, 0.4) is 0 Å². The first kappa shape index (κ1) is 11.5. The lowest BCUT2D eigenvalue weighted by atomic mass is 9.85. The molecule has 1 fully saturated rings. The van der Waals surface area contributed by atoms with Crippen LogP contribution in [0.4, 0.5) is 0 Å². The summed E-state index contributed by atoms with van der Waals surface area (Å²) in [7, 11) is 1.97. The molecule has 1 saturated carbocycles. The summed E-state index contributed by atoms with van der Waals surface area (Å²) in [4.78, 5) is 13.8. The molecule has 0 saturated heterocycles. The number of nitrogens with zero attached hydrogens (tertiary/aromatic N) is 1. The molecule has 82 valence electrons. The fourth-order valence-electron chi connectivity index (χ4n) is 2.44. The summed E-state index contributed by atoms with van der Waals surface area (Å²) in [6, 6.07) is 0.485. The third-order valence-electron chi connectivity index (χ3n) is 3.41. The van der Waals surface area contributed by atoms with E-state index in [0.717, 1.165) is 0 Å². The van der Waals surface area contributed by atoms with E-state index in [4.69, 9.17) is 0 Å². The normalized spacial score (nSPS) is 27.8. The number of rotatable bonds is 2. The zero-order valence-corrected chi connectivity index (χ0v) is 9.92. The monoisotopic (exact) mass is 197 g/mol. The van der Waals surface area contributed by atoms with E-state index in [1.165, 1.54) is 25.7 Å². The van der Waals surface area contributed by atoms with E-state index in [1.54, 1.807) is 0 Å². The minimum Gasteiger partial charge on any atom is -0.342 e. The van der Waals surface area contributed by atoms with Crippen LogP contribution in [-0.4, -0.2) is 23.9 Å². The molecule has 1 unspecified atom stereocenters. The van der Waals surface area contributed by atoms with Gasteiger partial charge in [-0.25, -0.2) is 0 Å². The van der Waals surface area contributed by atoms with Crippen molar-refractivity contribution in [2.24, 2.45) is 11.8 Å². The Morgan fingerprint density at radius 2 is 1.86 bits per heavy atom. The lowest BCUT2D eigenvalue weighted by molar-refractivity contribution is -0.136. The lowest BCUT2D eigenvalue weighted by Gasteiger charge is -2.37. The Labute approximate surface area is 87.7 Å². The second-order valence-electron chi connectivity index (χ2n) is 4.93. The molecule has 2 atom stereocenters. The van der Waals surface area contributed by atoms with Gasteiger partial charge >= 0.3 is 0 Å². The van der Waals surface area contributed by atoms with Gasteiger partial charge in [-0.2, -0.15) is 0 Å². The first-order chi connectivity index (χ1) is 6.54. The molecule has 0 aromatic carbocycles. The lowest BCUT2D eigenvalue weighted by Crippen LogP contribution is -2.44. The highest BCUT2D eigenvalue weighted by Gasteiger charge is 2.28. The van der Waals surface area contributed by atoms with Crippen molar-refractivity contribution in [3.63, 3.8) is 0 Å². The maximum absolute atomic E-state index is 11.8. The van der Waals surface area contributed by atoms with Gasteiger partial charge in [0.15, 0.2) is 0 Å². The SMILES string of the molecule is CC(C)C(=O)N(C)[C@@H]1CCCCC1C. The molecule has 2 nitrogen and oxygen atoms in total. The molecule has 0 aromatic heterocycles. The van der Waals surface area contributed by atoms with Crippen LogP contribution in [-0.2, 0) is 4.79 Å². The topological polar surface area (TPSA) is 20.3 Å². The summed E-state index contributed by atoms with van der Waals surface area (Å²) < 4.78 is 0. The van der Waals surface area contributed by atoms with Crippen LogP contribution in [0.2, 0.25) is 0 Å². The predicted molar refractivity (Wildman–Crippen MR) is 59.0 cm³/mol. The molecule has 0 spiro atoms. The van der Waals surface area contributed by atoms with Crippen LogP contribution in [0.25, 0.3) is 0 Å². The Morgan fingerprint density at radius 3 is 2.36 bits per heavy atom. The maximum Gasteiger partial charge on any atom is 0.225 e. The van der Waals surface area contributed by atoms with Crippen LogP contribution in [0.1, 0.15) is 46.5 Å². The van der Waals surface area contributed by atoms with Gasteiger partial charge in [-0.1, -0.05) is 33.6 Å². The molecule has 0 aliphatic heterocycles. The van der Waals surface area contributed by atoms with Gasteiger partial charge in [0.25, 0.3) is 0 Å². The van der Waals surface area contributed by atoms with Crippen molar-refractivity contribution in [2.45, 2.75) is 52.5 Å². The molecule has 14 heavy (non-hydrogen) atoms. The third kappa shape index (κ3) is 2.49. The quantitative estimate of drug-likeness (QED) is 0.666. The zero-order valence-electron chi connectivity index (χ0n) is 9.92. The fraction of sp³-hybridized carbons (Fsp3) is 0.917. The van der Waals surface area contributed by atoms with E-state index in [1.807, 2.05) is 25.8 Å². The Bertz CT molecular complexity index is 200. The molecule has 0 bridgehead atoms. The molecule has 1 aliphatic carbocycles. The number of hydrogen-bond donors (Lipinski definition) is 0. The highest BCUT2D eigenvalue weighted by molar-refractivity contribution is 5.78. The van der Waals surface area contributed by atoms with Gasteiger partial charge in [0.1, 0.15) is 0 Å². The van der Waals surface area contributed by atoms with E-state index < -0.39 is 0 Å². The number of carbonyl (C=O) groups is 1. The second kappa shape index (κ2) is 4.81. The van der Waals surface area contributed by atoms with Crippen LogP contribution >= 0.6 is 0 Å². The van der Waals surface area contributed by atoms with Crippen molar-refractivity contribution < 1.29 is 4.79 Å². The molecule has 0 heterocycles. The van der Waals surface area contributed by atoms with Gasteiger partial charge in [-0.15, -0.1) is 0 Å². The molecule has 1 aliphatic rings. The van der Waals surface area contributed by atoms with E-state index >= 15 is 0 Å². The van der Waals surface area contributed by atoms with Gasteiger partial charge in [-0.3, -0.25) is 4.79 Å². The van der Waals surface area contributed by atoms with E-state index in [9.17, 15) is 4.79 Å². The standard InChI is InChI=1S/C12H23NO/c1-9(2)12(14)13(4)11-8-6-5-7-10(11)3/h9-11H,5-8H2,1-4H3/t10?,11-/m1/s1. The molecular weight excluding hydrogens is 174 g/mol. The van der Waals surface area contributed by atoms with Crippen LogP contribution in [0.15, 0.2) is 0 Å². The first-order valence-corrected chi connectivity index (χ1v) is 5.80. The van der Waals surface area contributed by atoms with Crippen molar-refractivity contribution in [1.29, 1.82) is 0 Å². The first-order valence-electron chi connectivity index (χ1n) is 5.80. The summed E-state index contributed by atoms with van der Waals surface area (Å²) in [5, 5.41) is 0. The number of hydrogen-bond acceptors (Lipinski definition) is 1. The largest absolute Gasteiger partial charge is 0.342 e. The Balaban J connectivity index is 2.57. The molecule has 0 radical (unpaired) electrons. The highest BCUT2D eigenvalue weighted by Crippen LogP contribution is 2.27. The molecule has 0 N–H and O–H groups in total. The number of carbonyl (C=O) groups excluding carboxylic acids is 1. The van der Waals surface area contributed by atoms with E-state index in [-0.39, 0.29) is 5.92 Å². The maximum atomic E-state index is 11.8. The fourth-order valence-corrected chi connectivity index (χ4v) is 2.44. The van der Waals surface area contributed by atoms with Gasteiger partial charge in [-0.05, 0) is 18.8 Å². The number of amides is 1. The van der Waals surface area contributed by atoms with Gasteiger partial charge in [0, 0.05) is 19.0 Å². The predicted octanol–water partition coefficient (Wildman–Crippen LogP) is 2.68. The Kier molecular flexibility index (Phi) is 3.97. The summed E-state index contributed by atoms with van der Waals surface area (Å²) in [5.74, 6) is 1.11. The van der Waals surface area contributed by atoms with Crippen molar-refractivity contribution >= 4 is 5.91 Å². The van der Waals surface area contributed by atoms with Gasteiger partial charge < -0.3 is 4.90 Å². The van der Waals surface area contributed by atoms with Crippen LogP contribution in [0, 0.1) is 11.8 Å². The average Bonchev–Trinajstić information content (AvgIpc) is 2.16. The third-order valence-corrected chi connectivity index (χ3v) is 3.41. The second-order valence-corrected chi connectivity index (χ2v) is 4.93. The minimum absolute atomic E-state index is 0.133. The van der Waals surface area contributed by atoms with Crippen LogP contribution < -0.4 is 0 Å². The average molecular weight is 197 g/mol. The summed E-state index contributed by atoms with van der Waals surface area (Å²) in [6.45, 7) is 6.23.